The van der Waals surface area contributed by atoms with E-state index in [-0.39, 0.29) is 22.6 Å². The average molecular weight is 504 g/mol. The second-order valence-corrected chi connectivity index (χ2v) is 11.3. The van der Waals surface area contributed by atoms with Crippen molar-refractivity contribution in [3.8, 4) is 0 Å². The molecule has 0 radical (unpaired) electrons. The van der Waals surface area contributed by atoms with Crippen LogP contribution in [-0.4, -0.2) is 48.5 Å². The summed E-state index contributed by atoms with van der Waals surface area (Å²) >= 11 is 0. The predicted molar refractivity (Wildman–Crippen MR) is 117 cm³/mol. The lowest BCUT2D eigenvalue weighted by Gasteiger charge is -2.39. The van der Waals surface area contributed by atoms with Crippen molar-refractivity contribution in [2.75, 3.05) is 11.6 Å². The summed E-state index contributed by atoms with van der Waals surface area (Å²) in [4.78, 5) is 15.6. The van der Waals surface area contributed by atoms with Gasteiger partial charge in [-0.05, 0) is 47.6 Å². The molecule has 0 saturated heterocycles. The zero-order valence-electron chi connectivity index (χ0n) is 18.7. The van der Waals surface area contributed by atoms with Crippen molar-refractivity contribution in [1.82, 2.24) is 4.98 Å². The van der Waals surface area contributed by atoms with Gasteiger partial charge in [0.1, 0.15) is 5.82 Å². The van der Waals surface area contributed by atoms with Crippen LogP contribution in [0, 0.1) is 5.82 Å². The number of nitrogens with two attached hydrogens (primary N) is 1. The van der Waals surface area contributed by atoms with Gasteiger partial charge in [-0.1, -0.05) is 19.9 Å². The maximum absolute atomic E-state index is 14.2. The summed E-state index contributed by atoms with van der Waals surface area (Å²) in [6, 6.07) is 3.49. The van der Waals surface area contributed by atoms with Crippen LogP contribution in [0.15, 0.2) is 35.5 Å². The molecule has 1 aromatic heterocycles. The maximum Gasteiger partial charge on any atom is 0.417 e. The van der Waals surface area contributed by atoms with Crippen molar-refractivity contribution in [1.29, 1.82) is 0 Å². The van der Waals surface area contributed by atoms with Crippen molar-refractivity contribution >= 4 is 21.4 Å². The number of hydrogen-bond donors (Lipinski definition) is 3. The molecule has 0 fully saturated rings. The van der Waals surface area contributed by atoms with Crippen LogP contribution in [0.25, 0.3) is 0 Å². The van der Waals surface area contributed by atoms with Crippen molar-refractivity contribution in [3.63, 3.8) is 0 Å². The van der Waals surface area contributed by atoms with Gasteiger partial charge in [0.25, 0.3) is 0 Å². The monoisotopic (exact) mass is 503 g/mol. The van der Waals surface area contributed by atoms with E-state index in [4.69, 9.17) is 5.73 Å². The summed E-state index contributed by atoms with van der Waals surface area (Å²) < 4.78 is 79.6. The molecule has 4 N–H and O–H groups in total. The van der Waals surface area contributed by atoms with Gasteiger partial charge >= 0.3 is 6.18 Å². The Morgan fingerprint density at radius 3 is 2.47 bits per heavy atom. The van der Waals surface area contributed by atoms with Crippen molar-refractivity contribution in [3.05, 3.63) is 53.0 Å². The summed E-state index contributed by atoms with van der Waals surface area (Å²) in [5.74, 6) is -1.77. The molecule has 1 aliphatic heterocycles. The van der Waals surface area contributed by atoms with E-state index < -0.39 is 57.6 Å². The number of carbonyl (C=O) groups excluding carboxylic acids is 1. The fraction of sp³-hybridized carbons (Fsp3) is 0.455. The fourth-order valence-corrected chi connectivity index (χ4v) is 5.07. The number of fused-ring (bicyclic) bond motifs is 1. The first kappa shape index (κ1) is 25.9. The number of alkyl halides is 3. The molecular weight excluding hydrogens is 478 g/mol. The van der Waals surface area contributed by atoms with E-state index >= 15 is 0 Å². The highest BCUT2D eigenvalue weighted by molar-refractivity contribution is 7.90. The van der Waals surface area contributed by atoms with Crippen LogP contribution in [0.4, 0.5) is 23.2 Å². The number of amides is 1. The number of nitrogens with zero attached hydrogens (tertiary/aromatic N) is 1. The molecule has 1 amide bonds. The molecule has 2 unspecified atom stereocenters. The van der Waals surface area contributed by atoms with E-state index in [0.717, 1.165) is 18.4 Å². The number of sulfone groups is 1. The molecule has 2 heterocycles. The summed E-state index contributed by atoms with van der Waals surface area (Å²) in [6.07, 6.45) is -4.37. The summed E-state index contributed by atoms with van der Waals surface area (Å²) in [5, 5.41) is 13.5. The molecule has 1 aromatic carbocycles. The third-order valence-electron chi connectivity index (χ3n) is 5.99. The Balaban J connectivity index is 1.91. The Bertz CT molecular complexity index is 1230. The van der Waals surface area contributed by atoms with E-state index in [9.17, 15) is 35.9 Å². The Kier molecular flexibility index (Phi) is 6.46. The standard InChI is InChI=1S/C22H25F4N3O4S/c1-20(2,16-5-4-13(23)8-15(16)19(27)30)11-21(31,22(24,25)26)9-14-6-12-7-18(34(3,32)33)28-10-17(12)29-14/h4-5,7-8,10,14,29,31H,6,9,11H2,1-3H3,(H2,27,30). The van der Waals surface area contributed by atoms with E-state index in [1.165, 1.54) is 32.2 Å². The number of aliphatic hydroxyl groups is 1. The van der Waals surface area contributed by atoms with Crippen LogP contribution in [0.2, 0.25) is 0 Å². The van der Waals surface area contributed by atoms with Gasteiger partial charge < -0.3 is 16.2 Å². The number of pyridine rings is 1. The van der Waals surface area contributed by atoms with Gasteiger partial charge in [-0.25, -0.2) is 17.8 Å². The van der Waals surface area contributed by atoms with Gasteiger partial charge in [0.05, 0.1) is 11.9 Å². The van der Waals surface area contributed by atoms with Crippen LogP contribution in [0.5, 0.6) is 0 Å². The van der Waals surface area contributed by atoms with Crippen LogP contribution in [0.1, 0.15) is 48.2 Å². The molecule has 2 aromatic rings. The molecule has 0 aliphatic carbocycles. The lowest BCUT2D eigenvalue weighted by atomic mass is 9.71. The van der Waals surface area contributed by atoms with Gasteiger partial charge in [0.15, 0.2) is 20.5 Å². The lowest BCUT2D eigenvalue weighted by molar-refractivity contribution is -0.270. The zero-order chi connectivity index (χ0) is 25.7. The number of aromatic nitrogens is 1. The highest BCUT2D eigenvalue weighted by Crippen LogP contribution is 2.45. The minimum Gasteiger partial charge on any atom is -0.380 e. The van der Waals surface area contributed by atoms with Crippen molar-refractivity contribution < 1.29 is 35.9 Å². The third kappa shape index (κ3) is 5.17. The van der Waals surface area contributed by atoms with Crippen molar-refractivity contribution in [2.45, 2.75) is 61.4 Å². The Labute approximate surface area is 194 Å². The second kappa shape index (κ2) is 8.49. The minimum atomic E-state index is -5.04. The number of rotatable bonds is 7. The quantitative estimate of drug-likeness (QED) is 0.499. The van der Waals surface area contributed by atoms with E-state index in [0.29, 0.717) is 11.3 Å². The van der Waals surface area contributed by atoms with E-state index in [1.807, 2.05) is 0 Å². The molecule has 1 aliphatic rings. The van der Waals surface area contributed by atoms with Gasteiger partial charge in [0, 0.05) is 24.3 Å². The van der Waals surface area contributed by atoms with E-state index in [1.54, 1.807) is 0 Å². The SMILES string of the molecule is CC(C)(CC(O)(CC1Cc2cc(S(C)(=O)=O)ncc2N1)C(F)(F)F)c1ccc(F)cc1C(N)=O. The molecular formula is C22H25F4N3O4S. The van der Waals surface area contributed by atoms with E-state index in [2.05, 4.69) is 10.3 Å². The number of nitrogens with one attached hydrogen (secondary N) is 1. The fourth-order valence-electron chi connectivity index (χ4n) is 4.47. The third-order valence-corrected chi connectivity index (χ3v) is 6.98. The second-order valence-electron chi connectivity index (χ2n) is 9.35. The molecule has 0 saturated carbocycles. The predicted octanol–water partition coefficient (Wildman–Crippen LogP) is 3.11. The number of carbonyl (C=O) groups is 1. The maximum atomic E-state index is 14.2. The van der Waals surface area contributed by atoms with Gasteiger partial charge in [-0.2, -0.15) is 13.2 Å². The molecule has 0 spiro atoms. The number of anilines is 1. The molecule has 3 rings (SSSR count). The van der Waals surface area contributed by atoms with Gasteiger partial charge in [-0.15, -0.1) is 0 Å². The van der Waals surface area contributed by atoms with Crippen LogP contribution in [-0.2, 0) is 21.7 Å². The summed E-state index contributed by atoms with van der Waals surface area (Å²) in [5.41, 5.74) is 1.37. The number of benzene rings is 1. The Morgan fingerprint density at radius 2 is 1.91 bits per heavy atom. The first-order chi connectivity index (χ1) is 15.4. The van der Waals surface area contributed by atoms with Gasteiger partial charge in [-0.3, -0.25) is 4.79 Å². The lowest BCUT2D eigenvalue weighted by Crippen LogP contribution is -2.52. The Hall–Kier alpha value is -2.73. The minimum absolute atomic E-state index is 0.0439. The summed E-state index contributed by atoms with van der Waals surface area (Å²) in [7, 11) is -3.60. The number of primary amides is 1. The highest BCUT2D eigenvalue weighted by atomic mass is 32.2. The molecule has 12 heteroatoms. The molecule has 2 atom stereocenters. The molecule has 34 heavy (non-hydrogen) atoms. The molecule has 7 nitrogen and oxygen atoms in total. The van der Waals surface area contributed by atoms with Crippen LogP contribution >= 0.6 is 0 Å². The highest BCUT2D eigenvalue weighted by Gasteiger charge is 2.57. The molecule has 186 valence electrons. The topological polar surface area (TPSA) is 122 Å². The first-order valence-electron chi connectivity index (χ1n) is 10.3. The summed E-state index contributed by atoms with van der Waals surface area (Å²) in [6.45, 7) is 2.81. The van der Waals surface area contributed by atoms with Crippen molar-refractivity contribution in [2.24, 2.45) is 5.73 Å². The van der Waals surface area contributed by atoms with Crippen LogP contribution in [0.3, 0.4) is 0 Å². The smallest absolute Gasteiger partial charge is 0.380 e. The van der Waals surface area contributed by atoms with Gasteiger partial charge in [0.2, 0.25) is 5.91 Å². The number of hydrogen-bond acceptors (Lipinski definition) is 6. The number of halogens is 4. The normalized spacial score (nSPS) is 18.2. The Morgan fingerprint density at radius 1 is 1.26 bits per heavy atom. The van der Waals surface area contributed by atoms with Crippen LogP contribution < -0.4 is 11.1 Å². The zero-order valence-corrected chi connectivity index (χ0v) is 19.5. The first-order valence-corrected chi connectivity index (χ1v) is 12.2. The molecule has 0 bridgehead atoms. The average Bonchev–Trinajstić information content (AvgIpc) is 3.06. The largest absolute Gasteiger partial charge is 0.417 e.